The van der Waals surface area contributed by atoms with E-state index in [1.807, 2.05) is 31.3 Å². The number of hydrogen-bond donors (Lipinski definition) is 2. The van der Waals surface area contributed by atoms with Crippen LogP contribution in [0.5, 0.6) is 5.75 Å². The Kier molecular flexibility index (Phi) is 6.17. The van der Waals surface area contributed by atoms with Gasteiger partial charge in [0.1, 0.15) is 12.3 Å². The summed E-state index contributed by atoms with van der Waals surface area (Å²) < 4.78 is 28.7. The molecular formula is C18H23N2O4S+. The highest BCUT2D eigenvalue weighted by atomic mass is 32.2. The smallest absolute Gasteiger partial charge is 0.279 e. The molecule has 0 aliphatic carbocycles. The standard InChI is InChI=1S/C18H22N2O4S/c1-20(12-14-8-10-15(24-2)11-9-14)13-18(21)19-16-6-4-5-7-17(16)25(3,22)23/h4-11H,12-13H2,1-3H3,(H,19,21)/p+1. The van der Waals surface area contributed by atoms with E-state index in [0.29, 0.717) is 12.2 Å². The van der Waals surface area contributed by atoms with Crippen molar-refractivity contribution in [1.82, 2.24) is 0 Å². The molecule has 0 spiro atoms. The quantitative estimate of drug-likeness (QED) is 0.761. The predicted octanol–water partition coefficient (Wildman–Crippen LogP) is 0.752. The number of benzene rings is 2. The first-order valence-corrected chi connectivity index (χ1v) is 9.72. The van der Waals surface area contributed by atoms with Gasteiger partial charge in [0.05, 0.1) is 24.7 Å². The number of quaternary nitrogens is 1. The monoisotopic (exact) mass is 363 g/mol. The van der Waals surface area contributed by atoms with Gasteiger partial charge >= 0.3 is 0 Å². The highest BCUT2D eigenvalue weighted by molar-refractivity contribution is 7.90. The van der Waals surface area contributed by atoms with Crippen molar-refractivity contribution in [3.05, 3.63) is 54.1 Å². The van der Waals surface area contributed by atoms with Gasteiger partial charge in [-0.05, 0) is 36.4 Å². The topological polar surface area (TPSA) is 76.9 Å². The van der Waals surface area contributed by atoms with Gasteiger partial charge in [0.2, 0.25) is 0 Å². The fraction of sp³-hybridized carbons (Fsp3) is 0.278. The Morgan fingerprint density at radius 3 is 2.36 bits per heavy atom. The van der Waals surface area contributed by atoms with Crippen LogP contribution in [0.15, 0.2) is 53.4 Å². The molecule has 2 aromatic carbocycles. The van der Waals surface area contributed by atoms with Gasteiger partial charge in [-0.15, -0.1) is 0 Å². The Labute approximate surface area is 148 Å². The Balaban J connectivity index is 1.98. The van der Waals surface area contributed by atoms with Crippen LogP contribution in [0.3, 0.4) is 0 Å². The summed E-state index contributed by atoms with van der Waals surface area (Å²) in [5, 5.41) is 2.69. The molecule has 2 N–H and O–H groups in total. The second kappa shape index (κ2) is 8.13. The van der Waals surface area contributed by atoms with E-state index >= 15 is 0 Å². The number of hydrogen-bond acceptors (Lipinski definition) is 4. The molecule has 0 aliphatic rings. The number of sulfone groups is 1. The maximum absolute atomic E-state index is 12.2. The molecule has 1 amide bonds. The first-order chi connectivity index (χ1) is 11.8. The minimum absolute atomic E-state index is 0.121. The van der Waals surface area contributed by atoms with E-state index in [1.165, 1.54) is 6.07 Å². The summed E-state index contributed by atoms with van der Waals surface area (Å²) in [7, 11) is 0.129. The number of carbonyl (C=O) groups is 1. The lowest BCUT2D eigenvalue weighted by Crippen LogP contribution is -3.08. The van der Waals surface area contributed by atoms with Gasteiger partial charge in [-0.3, -0.25) is 4.79 Å². The molecule has 7 heteroatoms. The summed E-state index contributed by atoms with van der Waals surface area (Å²) in [5.74, 6) is 0.554. The van der Waals surface area contributed by atoms with Gasteiger partial charge in [-0.25, -0.2) is 8.42 Å². The molecule has 0 radical (unpaired) electrons. The lowest BCUT2D eigenvalue weighted by molar-refractivity contribution is -0.885. The molecule has 1 atom stereocenters. The second-order valence-electron chi connectivity index (χ2n) is 5.98. The van der Waals surface area contributed by atoms with Gasteiger partial charge in [-0.2, -0.15) is 0 Å². The van der Waals surface area contributed by atoms with Crippen LogP contribution in [0.4, 0.5) is 5.69 Å². The average molecular weight is 363 g/mol. The highest BCUT2D eigenvalue weighted by Crippen LogP contribution is 2.20. The van der Waals surface area contributed by atoms with Crippen LogP contribution in [0.25, 0.3) is 0 Å². The summed E-state index contributed by atoms with van der Waals surface area (Å²) >= 11 is 0. The lowest BCUT2D eigenvalue weighted by atomic mass is 10.2. The molecular weight excluding hydrogens is 340 g/mol. The van der Waals surface area contributed by atoms with Crippen LogP contribution in [-0.4, -0.2) is 41.3 Å². The van der Waals surface area contributed by atoms with Crippen molar-refractivity contribution in [2.75, 3.05) is 32.3 Å². The van der Waals surface area contributed by atoms with E-state index < -0.39 is 9.84 Å². The van der Waals surface area contributed by atoms with E-state index in [0.717, 1.165) is 22.5 Å². The third kappa shape index (κ3) is 5.58. The minimum atomic E-state index is -3.40. The van der Waals surface area contributed by atoms with Crippen LogP contribution in [0.2, 0.25) is 0 Å². The van der Waals surface area contributed by atoms with Gasteiger partial charge in [-0.1, -0.05) is 12.1 Å². The van der Waals surface area contributed by atoms with Gasteiger partial charge < -0.3 is 15.0 Å². The Hall–Kier alpha value is -2.38. The Morgan fingerprint density at radius 1 is 1.12 bits per heavy atom. The highest BCUT2D eigenvalue weighted by Gasteiger charge is 2.16. The molecule has 1 unspecified atom stereocenters. The van der Waals surface area contributed by atoms with Crippen molar-refractivity contribution in [1.29, 1.82) is 0 Å². The second-order valence-corrected chi connectivity index (χ2v) is 7.96. The number of anilines is 1. The molecule has 0 saturated carbocycles. The number of nitrogens with one attached hydrogen (secondary N) is 2. The van der Waals surface area contributed by atoms with Crippen molar-refractivity contribution in [2.45, 2.75) is 11.4 Å². The van der Waals surface area contributed by atoms with Crippen molar-refractivity contribution in [3.8, 4) is 5.75 Å². The number of likely N-dealkylation sites (N-methyl/N-ethyl adjacent to an activating group) is 1. The molecule has 25 heavy (non-hydrogen) atoms. The number of carbonyl (C=O) groups excluding carboxylic acids is 1. The number of methoxy groups -OCH3 is 1. The summed E-state index contributed by atoms with van der Waals surface area (Å²) in [4.78, 5) is 13.4. The van der Waals surface area contributed by atoms with Gasteiger partial charge in [0.15, 0.2) is 16.4 Å². The molecule has 0 fully saturated rings. The molecule has 0 aromatic heterocycles. The zero-order valence-corrected chi connectivity index (χ0v) is 15.4. The van der Waals surface area contributed by atoms with E-state index in [4.69, 9.17) is 4.74 Å². The number of ether oxygens (including phenoxy) is 1. The molecule has 0 bridgehead atoms. The molecule has 0 heterocycles. The third-order valence-electron chi connectivity index (χ3n) is 3.69. The van der Waals surface area contributed by atoms with E-state index in [2.05, 4.69) is 5.32 Å². The van der Waals surface area contributed by atoms with Crippen LogP contribution in [-0.2, 0) is 21.2 Å². The molecule has 0 saturated heterocycles. The van der Waals surface area contributed by atoms with E-state index in [9.17, 15) is 13.2 Å². The van der Waals surface area contributed by atoms with Crippen molar-refractivity contribution in [3.63, 3.8) is 0 Å². The van der Waals surface area contributed by atoms with Crippen LogP contribution in [0, 0.1) is 0 Å². The lowest BCUT2D eigenvalue weighted by Gasteiger charge is -2.15. The third-order valence-corrected chi connectivity index (χ3v) is 4.84. The fourth-order valence-corrected chi connectivity index (χ4v) is 3.36. The van der Waals surface area contributed by atoms with Crippen molar-refractivity contribution >= 4 is 21.4 Å². The number of rotatable bonds is 7. The van der Waals surface area contributed by atoms with Crippen molar-refractivity contribution in [2.24, 2.45) is 0 Å². The normalized spacial score (nSPS) is 12.4. The largest absolute Gasteiger partial charge is 0.497 e. The fourth-order valence-electron chi connectivity index (χ4n) is 2.52. The van der Waals surface area contributed by atoms with E-state index in [1.54, 1.807) is 25.3 Å². The first kappa shape index (κ1) is 19.0. The predicted molar refractivity (Wildman–Crippen MR) is 96.6 cm³/mol. The molecule has 2 rings (SSSR count). The molecule has 0 aliphatic heterocycles. The van der Waals surface area contributed by atoms with Gasteiger partial charge in [0.25, 0.3) is 5.91 Å². The first-order valence-electron chi connectivity index (χ1n) is 7.83. The number of para-hydroxylation sites is 1. The summed E-state index contributed by atoms with van der Waals surface area (Å²) in [6, 6.07) is 14.1. The van der Waals surface area contributed by atoms with E-state index in [-0.39, 0.29) is 17.3 Å². The van der Waals surface area contributed by atoms with Crippen LogP contribution < -0.4 is 15.0 Å². The summed E-state index contributed by atoms with van der Waals surface area (Å²) in [6.07, 6.45) is 1.12. The summed E-state index contributed by atoms with van der Waals surface area (Å²) in [5.41, 5.74) is 1.40. The summed E-state index contributed by atoms with van der Waals surface area (Å²) in [6.45, 7) is 0.898. The van der Waals surface area contributed by atoms with Gasteiger partial charge in [0, 0.05) is 11.8 Å². The zero-order valence-electron chi connectivity index (χ0n) is 14.6. The van der Waals surface area contributed by atoms with Crippen LogP contribution in [0.1, 0.15) is 5.56 Å². The maximum Gasteiger partial charge on any atom is 0.279 e. The maximum atomic E-state index is 12.2. The van der Waals surface area contributed by atoms with Crippen LogP contribution >= 0.6 is 0 Å². The molecule has 2 aromatic rings. The molecule has 6 nitrogen and oxygen atoms in total. The Morgan fingerprint density at radius 2 is 1.76 bits per heavy atom. The SMILES string of the molecule is COc1ccc(C[NH+](C)CC(=O)Nc2ccccc2S(C)(=O)=O)cc1. The number of amides is 1. The average Bonchev–Trinajstić information content (AvgIpc) is 2.54. The molecule has 134 valence electrons. The van der Waals surface area contributed by atoms with Crippen molar-refractivity contribution < 1.29 is 22.8 Å². The Bertz CT molecular complexity index is 832. The zero-order chi connectivity index (χ0) is 18.4. The minimum Gasteiger partial charge on any atom is -0.497 e.